The standard InChI is InChI=1S/C10H8BrN3O3/c1-17-8(15)4-14-5-13-7-2-6(11)3-12-9(7)10(14)16/h2-3,5H,4H2,1H3. The maximum atomic E-state index is 11.9. The summed E-state index contributed by atoms with van der Waals surface area (Å²) in [5.41, 5.74) is 0.331. The molecule has 2 aromatic rings. The molecule has 0 aliphatic rings. The summed E-state index contributed by atoms with van der Waals surface area (Å²) < 4.78 is 6.39. The minimum absolute atomic E-state index is 0.171. The summed E-state index contributed by atoms with van der Waals surface area (Å²) in [6.07, 6.45) is 2.81. The lowest BCUT2D eigenvalue weighted by Crippen LogP contribution is -2.25. The number of nitrogens with zero attached hydrogens (tertiary/aromatic N) is 3. The number of pyridine rings is 1. The first kappa shape index (κ1) is 11.7. The van der Waals surface area contributed by atoms with E-state index in [1.54, 1.807) is 6.07 Å². The van der Waals surface area contributed by atoms with Gasteiger partial charge in [-0.05, 0) is 22.0 Å². The Labute approximate surface area is 104 Å². The van der Waals surface area contributed by atoms with Gasteiger partial charge in [-0.15, -0.1) is 0 Å². The average molecular weight is 298 g/mol. The molecule has 0 aromatic carbocycles. The normalized spacial score (nSPS) is 10.5. The zero-order valence-electron chi connectivity index (χ0n) is 8.88. The average Bonchev–Trinajstić information content (AvgIpc) is 2.32. The summed E-state index contributed by atoms with van der Waals surface area (Å²) in [5.74, 6) is -0.509. The number of carbonyl (C=O) groups is 1. The van der Waals surface area contributed by atoms with Crippen LogP contribution in [0.15, 0.2) is 27.9 Å². The fourth-order valence-corrected chi connectivity index (χ4v) is 1.65. The van der Waals surface area contributed by atoms with Crippen molar-refractivity contribution in [3.8, 4) is 0 Å². The van der Waals surface area contributed by atoms with E-state index >= 15 is 0 Å². The number of halogens is 1. The molecule has 0 N–H and O–H groups in total. The molecule has 0 aliphatic carbocycles. The van der Waals surface area contributed by atoms with Gasteiger partial charge in [-0.25, -0.2) is 9.97 Å². The van der Waals surface area contributed by atoms with Crippen molar-refractivity contribution in [2.24, 2.45) is 0 Å². The van der Waals surface area contributed by atoms with Gasteiger partial charge >= 0.3 is 5.97 Å². The summed E-state index contributed by atoms with van der Waals surface area (Å²) in [6.45, 7) is -0.171. The Kier molecular flexibility index (Phi) is 3.19. The lowest BCUT2D eigenvalue weighted by molar-refractivity contribution is -0.141. The minimum Gasteiger partial charge on any atom is -0.468 e. The van der Waals surface area contributed by atoms with Crippen molar-refractivity contribution in [1.29, 1.82) is 0 Å². The molecule has 0 saturated heterocycles. The third-order valence-corrected chi connectivity index (χ3v) is 2.59. The molecule has 2 heterocycles. The molecule has 2 rings (SSSR count). The van der Waals surface area contributed by atoms with Gasteiger partial charge in [0.2, 0.25) is 0 Å². The second-order valence-electron chi connectivity index (χ2n) is 3.28. The molecule has 2 aromatic heterocycles. The summed E-state index contributed by atoms with van der Waals surface area (Å²) in [4.78, 5) is 31.0. The molecule has 0 radical (unpaired) electrons. The number of carbonyl (C=O) groups excluding carboxylic acids is 1. The number of ether oxygens (including phenoxy) is 1. The number of hydrogen-bond acceptors (Lipinski definition) is 5. The van der Waals surface area contributed by atoms with Gasteiger partial charge in [-0.1, -0.05) is 0 Å². The fraction of sp³-hybridized carbons (Fsp3) is 0.200. The van der Waals surface area contributed by atoms with Crippen molar-refractivity contribution >= 4 is 32.9 Å². The van der Waals surface area contributed by atoms with Crippen LogP contribution in [0.25, 0.3) is 11.0 Å². The van der Waals surface area contributed by atoms with E-state index in [0.717, 1.165) is 9.04 Å². The quantitative estimate of drug-likeness (QED) is 0.764. The molecule has 0 aliphatic heterocycles. The van der Waals surface area contributed by atoms with Crippen LogP contribution in [0.3, 0.4) is 0 Å². The van der Waals surface area contributed by atoms with E-state index in [1.165, 1.54) is 19.6 Å². The summed E-state index contributed by atoms with van der Waals surface area (Å²) in [6, 6.07) is 1.69. The Bertz CT molecular complexity index is 638. The SMILES string of the molecule is COC(=O)Cn1cnc2cc(Br)cnc2c1=O. The highest BCUT2D eigenvalue weighted by Gasteiger charge is 2.09. The minimum atomic E-state index is -0.509. The second kappa shape index (κ2) is 4.62. The van der Waals surface area contributed by atoms with E-state index in [0.29, 0.717) is 5.52 Å². The van der Waals surface area contributed by atoms with Crippen molar-refractivity contribution < 1.29 is 9.53 Å². The van der Waals surface area contributed by atoms with Crippen molar-refractivity contribution in [2.45, 2.75) is 6.54 Å². The zero-order valence-corrected chi connectivity index (χ0v) is 10.5. The predicted octanol–water partition coefficient (Wildman–Crippen LogP) is 0.727. The van der Waals surface area contributed by atoms with Gasteiger partial charge in [0, 0.05) is 10.7 Å². The van der Waals surface area contributed by atoms with E-state index < -0.39 is 5.97 Å². The molecular formula is C10H8BrN3O3. The monoisotopic (exact) mass is 297 g/mol. The van der Waals surface area contributed by atoms with Crippen LogP contribution < -0.4 is 5.56 Å². The first-order valence-electron chi connectivity index (χ1n) is 4.69. The molecule has 0 saturated carbocycles. The third kappa shape index (κ3) is 2.33. The van der Waals surface area contributed by atoms with Gasteiger partial charge in [0.25, 0.3) is 5.56 Å². The number of hydrogen-bond donors (Lipinski definition) is 0. The molecule has 0 fully saturated rings. The van der Waals surface area contributed by atoms with Crippen LogP contribution in [0.4, 0.5) is 0 Å². The Balaban J connectivity index is 2.54. The van der Waals surface area contributed by atoms with Gasteiger partial charge in [0.1, 0.15) is 6.54 Å². The van der Waals surface area contributed by atoms with Crippen LogP contribution in [-0.2, 0) is 16.1 Å². The van der Waals surface area contributed by atoms with Crippen LogP contribution in [0, 0.1) is 0 Å². The zero-order chi connectivity index (χ0) is 12.4. The van der Waals surface area contributed by atoms with Gasteiger partial charge in [-0.2, -0.15) is 0 Å². The molecule has 0 unspecified atom stereocenters. The highest BCUT2D eigenvalue weighted by Crippen LogP contribution is 2.11. The molecule has 0 bridgehead atoms. The fourth-order valence-electron chi connectivity index (χ4n) is 1.33. The van der Waals surface area contributed by atoms with Crippen molar-refractivity contribution in [3.05, 3.63) is 33.4 Å². The topological polar surface area (TPSA) is 74.1 Å². The van der Waals surface area contributed by atoms with Gasteiger partial charge < -0.3 is 4.74 Å². The first-order valence-corrected chi connectivity index (χ1v) is 5.48. The highest BCUT2D eigenvalue weighted by atomic mass is 79.9. The first-order chi connectivity index (χ1) is 8.11. The Morgan fingerprint density at radius 3 is 3.00 bits per heavy atom. The number of esters is 1. The van der Waals surface area contributed by atoms with E-state index in [9.17, 15) is 9.59 Å². The van der Waals surface area contributed by atoms with Gasteiger partial charge in [0.15, 0.2) is 5.52 Å². The van der Waals surface area contributed by atoms with Crippen molar-refractivity contribution in [1.82, 2.24) is 14.5 Å². The highest BCUT2D eigenvalue weighted by molar-refractivity contribution is 9.10. The van der Waals surface area contributed by atoms with Crippen LogP contribution in [-0.4, -0.2) is 27.6 Å². The Morgan fingerprint density at radius 1 is 1.53 bits per heavy atom. The van der Waals surface area contributed by atoms with Crippen molar-refractivity contribution in [2.75, 3.05) is 7.11 Å². The summed E-state index contributed by atoms with van der Waals surface area (Å²) in [7, 11) is 1.26. The molecular weight excluding hydrogens is 290 g/mol. The van der Waals surface area contributed by atoms with Gasteiger partial charge in [0.05, 0.1) is 19.0 Å². The van der Waals surface area contributed by atoms with E-state index in [1.807, 2.05) is 0 Å². The number of methoxy groups -OCH3 is 1. The summed E-state index contributed by atoms with van der Waals surface area (Å²) >= 11 is 3.24. The molecule has 7 heteroatoms. The van der Waals surface area contributed by atoms with Crippen molar-refractivity contribution in [3.63, 3.8) is 0 Å². The number of fused-ring (bicyclic) bond motifs is 1. The molecule has 0 atom stereocenters. The van der Waals surface area contributed by atoms with E-state index in [4.69, 9.17) is 0 Å². The van der Waals surface area contributed by atoms with Crippen LogP contribution in [0.1, 0.15) is 0 Å². The molecule has 0 amide bonds. The molecule has 17 heavy (non-hydrogen) atoms. The number of aromatic nitrogens is 3. The maximum Gasteiger partial charge on any atom is 0.325 e. The lowest BCUT2D eigenvalue weighted by Gasteiger charge is -2.04. The lowest BCUT2D eigenvalue weighted by atomic mass is 10.3. The summed E-state index contributed by atoms with van der Waals surface area (Å²) in [5, 5.41) is 0. The van der Waals surface area contributed by atoms with Crippen LogP contribution >= 0.6 is 15.9 Å². The van der Waals surface area contributed by atoms with Crippen LogP contribution in [0.5, 0.6) is 0 Å². The molecule has 88 valence electrons. The second-order valence-corrected chi connectivity index (χ2v) is 4.19. The Hall–Kier alpha value is -1.76. The smallest absolute Gasteiger partial charge is 0.325 e. The van der Waals surface area contributed by atoms with E-state index in [2.05, 4.69) is 30.6 Å². The third-order valence-electron chi connectivity index (χ3n) is 2.16. The molecule has 6 nitrogen and oxygen atoms in total. The van der Waals surface area contributed by atoms with Crippen LogP contribution in [0.2, 0.25) is 0 Å². The maximum absolute atomic E-state index is 11.9. The van der Waals surface area contributed by atoms with Gasteiger partial charge in [-0.3, -0.25) is 14.2 Å². The predicted molar refractivity (Wildman–Crippen MR) is 63.5 cm³/mol. The van der Waals surface area contributed by atoms with E-state index in [-0.39, 0.29) is 17.6 Å². The Morgan fingerprint density at radius 2 is 2.29 bits per heavy atom. The number of rotatable bonds is 2. The molecule has 0 spiro atoms. The largest absolute Gasteiger partial charge is 0.468 e.